The van der Waals surface area contributed by atoms with Gasteiger partial charge in [-0.1, -0.05) is 30.3 Å². The number of aryl methyl sites for hydroxylation is 2. The van der Waals surface area contributed by atoms with Gasteiger partial charge in [-0.2, -0.15) is 0 Å². The SMILES string of the molecule is COC(=O)c1ccccc1NCC(=O)NC(C)c1ccc(C)c(C)c1. The van der Waals surface area contributed by atoms with Crippen LogP contribution < -0.4 is 10.6 Å². The van der Waals surface area contributed by atoms with Crippen molar-refractivity contribution in [2.24, 2.45) is 0 Å². The summed E-state index contributed by atoms with van der Waals surface area (Å²) in [5, 5.41) is 5.95. The van der Waals surface area contributed by atoms with Crippen LogP contribution in [0.15, 0.2) is 42.5 Å². The highest BCUT2D eigenvalue weighted by molar-refractivity contribution is 5.96. The number of nitrogens with one attached hydrogen (secondary N) is 2. The minimum Gasteiger partial charge on any atom is -0.465 e. The van der Waals surface area contributed by atoms with Crippen LogP contribution in [0.2, 0.25) is 0 Å². The molecule has 0 saturated heterocycles. The Bertz CT molecular complexity index is 771. The Hall–Kier alpha value is -2.82. The van der Waals surface area contributed by atoms with Gasteiger partial charge in [-0.05, 0) is 49.6 Å². The van der Waals surface area contributed by atoms with Gasteiger partial charge in [0.1, 0.15) is 0 Å². The van der Waals surface area contributed by atoms with Crippen molar-refractivity contribution in [1.82, 2.24) is 5.32 Å². The Balaban J connectivity index is 1.97. The molecule has 25 heavy (non-hydrogen) atoms. The lowest BCUT2D eigenvalue weighted by molar-refractivity contribution is -0.120. The quantitative estimate of drug-likeness (QED) is 0.791. The molecule has 2 aromatic rings. The van der Waals surface area contributed by atoms with Crippen LogP contribution >= 0.6 is 0 Å². The number of ether oxygens (including phenoxy) is 1. The van der Waals surface area contributed by atoms with E-state index in [0.29, 0.717) is 11.3 Å². The van der Waals surface area contributed by atoms with Crippen LogP contribution in [-0.4, -0.2) is 25.5 Å². The Morgan fingerprint density at radius 1 is 1.08 bits per heavy atom. The number of amides is 1. The van der Waals surface area contributed by atoms with E-state index in [1.54, 1.807) is 24.3 Å². The smallest absolute Gasteiger partial charge is 0.339 e. The van der Waals surface area contributed by atoms with Crippen LogP contribution in [0.25, 0.3) is 0 Å². The molecule has 0 aliphatic heterocycles. The Labute approximate surface area is 148 Å². The molecule has 0 saturated carbocycles. The molecule has 0 aliphatic carbocycles. The summed E-state index contributed by atoms with van der Waals surface area (Å²) in [6.07, 6.45) is 0. The number of rotatable bonds is 6. The van der Waals surface area contributed by atoms with Crippen LogP contribution in [0.4, 0.5) is 5.69 Å². The molecule has 0 aromatic heterocycles. The van der Waals surface area contributed by atoms with Crippen LogP contribution in [0.5, 0.6) is 0 Å². The van der Waals surface area contributed by atoms with E-state index in [-0.39, 0.29) is 18.5 Å². The minimum absolute atomic E-state index is 0.0726. The van der Waals surface area contributed by atoms with Crippen molar-refractivity contribution >= 4 is 17.6 Å². The molecule has 0 aliphatic rings. The van der Waals surface area contributed by atoms with E-state index in [0.717, 1.165) is 5.56 Å². The second-order valence-electron chi connectivity index (χ2n) is 6.02. The van der Waals surface area contributed by atoms with Gasteiger partial charge in [-0.25, -0.2) is 4.79 Å². The fourth-order valence-corrected chi connectivity index (χ4v) is 2.51. The third-order valence-electron chi connectivity index (χ3n) is 4.18. The molecule has 0 spiro atoms. The molecule has 5 nitrogen and oxygen atoms in total. The standard InChI is InChI=1S/C20H24N2O3/c1-13-9-10-16(11-14(13)2)15(3)22-19(23)12-21-18-8-6-5-7-17(18)20(24)25-4/h5-11,15,21H,12H2,1-4H3,(H,22,23). The summed E-state index contributed by atoms with van der Waals surface area (Å²) in [5.74, 6) is -0.586. The number of para-hydroxylation sites is 1. The van der Waals surface area contributed by atoms with Gasteiger partial charge in [0, 0.05) is 5.69 Å². The van der Waals surface area contributed by atoms with Crippen LogP contribution in [0.3, 0.4) is 0 Å². The maximum Gasteiger partial charge on any atom is 0.339 e. The van der Waals surface area contributed by atoms with Gasteiger partial charge in [-0.3, -0.25) is 4.79 Å². The monoisotopic (exact) mass is 340 g/mol. The molecule has 0 bridgehead atoms. The van der Waals surface area contributed by atoms with Crippen molar-refractivity contribution in [2.45, 2.75) is 26.8 Å². The molecule has 5 heteroatoms. The van der Waals surface area contributed by atoms with E-state index in [1.165, 1.54) is 18.2 Å². The van der Waals surface area contributed by atoms with Crippen LogP contribution in [0, 0.1) is 13.8 Å². The van der Waals surface area contributed by atoms with Gasteiger partial charge in [0.25, 0.3) is 0 Å². The highest BCUT2D eigenvalue weighted by atomic mass is 16.5. The zero-order valence-corrected chi connectivity index (χ0v) is 15.1. The number of hydrogen-bond donors (Lipinski definition) is 2. The number of methoxy groups -OCH3 is 1. The van der Waals surface area contributed by atoms with Gasteiger partial charge in [0.05, 0.1) is 25.3 Å². The van der Waals surface area contributed by atoms with E-state index in [2.05, 4.69) is 36.6 Å². The fourth-order valence-electron chi connectivity index (χ4n) is 2.51. The molecule has 2 rings (SSSR count). The van der Waals surface area contributed by atoms with Crippen molar-refractivity contribution in [2.75, 3.05) is 19.0 Å². The van der Waals surface area contributed by atoms with Crippen LogP contribution in [-0.2, 0) is 9.53 Å². The van der Waals surface area contributed by atoms with Gasteiger partial charge >= 0.3 is 5.97 Å². The number of carbonyl (C=O) groups is 2. The first-order chi connectivity index (χ1) is 11.9. The van der Waals surface area contributed by atoms with Crippen molar-refractivity contribution in [3.63, 3.8) is 0 Å². The third kappa shape index (κ3) is 4.83. The largest absolute Gasteiger partial charge is 0.465 e. The number of hydrogen-bond acceptors (Lipinski definition) is 4. The first-order valence-corrected chi connectivity index (χ1v) is 8.20. The molecule has 0 heterocycles. The lowest BCUT2D eigenvalue weighted by Crippen LogP contribution is -2.32. The topological polar surface area (TPSA) is 67.4 Å². The zero-order valence-electron chi connectivity index (χ0n) is 15.1. The van der Waals surface area contributed by atoms with Gasteiger partial charge in [0.15, 0.2) is 0 Å². The Morgan fingerprint density at radius 3 is 2.48 bits per heavy atom. The van der Waals surface area contributed by atoms with Crippen molar-refractivity contribution in [1.29, 1.82) is 0 Å². The van der Waals surface area contributed by atoms with E-state index >= 15 is 0 Å². The van der Waals surface area contributed by atoms with Crippen molar-refractivity contribution < 1.29 is 14.3 Å². The van der Waals surface area contributed by atoms with E-state index < -0.39 is 5.97 Å². The minimum atomic E-state index is -0.438. The third-order valence-corrected chi connectivity index (χ3v) is 4.18. The van der Waals surface area contributed by atoms with Crippen LogP contribution in [0.1, 0.15) is 40.0 Å². The normalized spacial score (nSPS) is 11.5. The van der Waals surface area contributed by atoms with E-state index in [4.69, 9.17) is 4.74 Å². The molecule has 2 aromatic carbocycles. The zero-order chi connectivity index (χ0) is 18.4. The second-order valence-corrected chi connectivity index (χ2v) is 6.02. The summed E-state index contributed by atoms with van der Waals surface area (Å²) in [4.78, 5) is 24.0. The number of benzene rings is 2. The summed E-state index contributed by atoms with van der Waals surface area (Å²) in [7, 11) is 1.33. The molecule has 1 atom stereocenters. The number of carbonyl (C=O) groups excluding carboxylic acids is 2. The molecular formula is C20H24N2O3. The lowest BCUT2D eigenvalue weighted by atomic mass is 10.0. The highest BCUT2D eigenvalue weighted by Gasteiger charge is 2.13. The van der Waals surface area contributed by atoms with Gasteiger partial charge in [0.2, 0.25) is 5.91 Å². The molecular weight excluding hydrogens is 316 g/mol. The van der Waals surface area contributed by atoms with Gasteiger partial charge in [-0.15, -0.1) is 0 Å². The maximum atomic E-state index is 12.2. The average Bonchev–Trinajstić information content (AvgIpc) is 2.61. The molecule has 0 radical (unpaired) electrons. The predicted octanol–water partition coefficient (Wildman–Crippen LogP) is 3.38. The first-order valence-electron chi connectivity index (χ1n) is 8.20. The number of anilines is 1. The average molecular weight is 340 g/mol. The molecule has 2 N–H and O–H groups in total. The number of esters is 1. The highest BCUT2D eigenvalue weighted by Crippen LogP contribution is 2.17. The predicted molar refractivity (Wildman–Crippen MR) is 98.7 cm³/mol. The first kappa shape index (κ1) is 18.5. The summed E-state index contributed by atoms with van der Waals surface area (Å²) in [5.41, 5.74) is 4.46. The Morgan fingerprint density at radius 2 is 1.80 bits per heavy atom. The molecule has 132 valence electrons. The second kappa shape index (κ2) is 8.33. The fraction of sp³-hybridized carbons (Fsp3) is 0.300. The van der Waals surface area contributed by atoms with E-state index in [9.17, 15) is 9.59 Å². The van der Waals surface area contributed by atoms with Crippen molar-refractivity contribution in [3.8, 4) is 0 Å². The molecule has 1 amide bonds. The van der Waals surface area contributed by atoms with Gasteiger partial charge < -0.3 is 15.4 Å². The Kier molecular flexibility index (Phi) is 6.17. The summed E-state index contributed by atoms with van der Waals surface area (Å²) in [6.45, 7) is 6.14. The van der Waals surface area contributed by atoms with E-state index in [1.807, 2.05) is 13.0 Å². The lowest BCUT2D eigenvalue weighted by Gasteiger charge is -2.17. The summed E-state index contributed by atoms with van der Waals surface area (Å²) < 4.78 is 4.75. The maximum absolute atomic E-state index is 12.2. The molecule has 1 unspecified atom stereocenters. The summed E-state index contributed by atoms with van der Waals surface area (Å²) in [6, 6.07) is 13.0. The van der Waals surface area contributed by atoms with Crippen molar-refractivity contribution in [3.05, 3.63) is 64.7 Å². The summed E-state index contributed by atoms with van der Waals surface area (Å²) >= 11 is 0. The molecule has 0 fully saturated rings.